The zero-order valence-corrected chi connectivity index (χ0v) is 18.3. The second-order valence-corrected chi connectivity index (χ2v) is 6.99. The normalized spacial score (nSPS) is 10.6. The summed E-state index contributed by atoms with van der Waals surface area (Å²) in [5.74, 6) is 0.289. The number of nitrogens with one attached hydrogen (secondary N) is 1. The van der Waals surface area contributed by atoms with Crippen LogP contribution in [0.5, 0.6) is 11.5 Å². The first kappa shape index (κ1) is 22.6. The summed E-state index contributed by atoms with van der Waals surface area (Å²) >= 11 is 0. The molecule has 0 unspecified atom stereocenters. The van der Waals surface area contributed by atoms with Gasteiger partial charge in [-0.3, -0.25) is 4.79 Å². The third-order valence-corrected chi connectivity index (χ3v) is 4.85. The largest absolute Gasteiger partial charge is 0.493 e. The highest BCUT2D eigenvalue weighted by Crippen LogP contribution is 2.29. The summed E-state index contributed by atoms with van der Waals surface area (Å²) in [4.78, 5) is 24.2. The van der Waals surface area contributed by atoms with Gasteiger partial charge in [-0.15, -0.1) is 0 Å². The van der Waals surface area contributed by atoms with E-state index in [0.717, 1.165) is 16.7 Å². The van der Waals surface area contributed by atoms with Crippen LogP contribution in [0.25, 0.3) is 6.08 Å². The standard InChI is InChI=1S/C26H25NO5/c1-18-8-4-5-9-20(18)17-32-23-14-12-19(16-24(23)30-2)13-15-25(28)27-22-11-7-6-10-21(22)26(29)31-3/h4-16H,17H2,1-3H3,(H,27,28)/b15-13+. The summed E-state index contributed by atoms with van der Waals surface area (Å²) in [6.07, 6.45) is 3.04. The Morgan fingerprint density at radius 2 is 1.69 bits per heavy atom. The third kappa shape index (κ3) is 5.76. The molecular formula is C26H25NO5. The molecule has 0 saturated carbocycles. The predicted molar refractivity (Wildman–Crippen MR) is 124 cm³/mol. The number of esters is 1. The lowest BCUT2D eigenvalue weighted by atomic mass is 10.1. The van der Waals surface area contributed by atoms with Gasteiger partial charge >= 0.3 is 5.97 Å². The van der Waals surface area contributed by atoms with Crippen LogP contribution in [0.2, 0.25) is 0 Å². The van der Waals surface area contributed by atoms with Crippen LogP contribution in [0.1, 0.15) is 27.0 Å². The van der Waals surface area contributed by atoms with Crippen molar-refractivity contribution in [1.82, 2.24) is 0 Å². The highest BCUT2D eigenvalue weighted by molar-refractivity contribution is 6.06. The van der Waals surface area contributed by atoms with Gasteiger partial charge in [-0.25, -0.2) is 4.79 Å². The molecule has 6 nitrogen and oxygen atoms in total. The molecule has 0 heterocycles. The molecule has 1 N–H and O–H groups in total. The van der Waals surface area contributed by atoms with E-state index in [0.29, 0.717) is 23.8 Å². The van der Waals surface area contributed by atoms with Crippen LogP contribution in [0, 0.1) is 6.92 Å². The molecule has 3 aromatic rings. The molecule has 0 aliphatic rings. The number of amides is 1. The third-order valence-electron chi connectivity index (χ3n) is 4.85. The average molecular weight is 431 g/mol. The topological polar surface area (TPSA) is 73.9 Å². The molecule has 32 heavy (non-hydrogen) atoms. The summed E-state index contributed by atoms with van der Waals surface area (Å²) in [5.41, 5.74) is 3.69. The van der Waals surface area contributed by atoms with Crippen molar-refractivity contribution in [3.63, 3.8) is 0 Å². The molecule has 164 valence electrons. The van der Waals surface area contributed by atoms with Crippen LogP contribution in [-0.2, 0) is 16.1 Å². The minimum atomic E-state index is -0.518. The summed E-state index contributed by atoms with van der Waals surface area (Å²) in [6.45, 7) is 2.47. The molecule has 6 heteroatoms. The van der Waals surface area contributed by atoms with Gasteiger partial charge < -0.3 is 19.5 Å². The number of ether oxygens (including phenoxy) is 3. The summed E-state index contributed by atoms with van der Waals surface area (Å²) in [6, 6.07) is 20.1. The molecule has 0 bridgehead atoms. The summed E-state index contributed by atoms with van der Waals surface area (Å²) < 4.78 is 16.1. The number of hydrogen-bond donors (Lipinski definition) is 1. The highest BCUT2D eigenvalue weighted by atomic mass is 16.5. The lowest BCUT2D eigenvalue weighted by molar-refractivity contribution is -0.111. The first-order chi connectivity index (χ1) is 15.5. The van der Waals surface area contributed by atoms with Crippen molar-refractivity contribution < 1.29 is 23.8 Å². The Kier molecular flexibility index (Phi) is 7.65. The molecule has 0 aromatic heterocycles. The molecular weight excluding hydrogens is 406 g/mol. The predicted octanol–water partition coefficient (Wildman–Crippen LogP) is 5.02. The Hall–Kier alpha value is -4.06. The van der Waals surface area contributed by atoms with Gasteiger partial charge in [-0.1, -0.05) is 42.5 Å². The van der Waals surface area contributed by atoms with E-state index in [-0.39, 0.29) is 11.5 Å². The molecule has 1 amide bonds. The van der Waals surface area contributed by atoms with Gasteiger partial charge in [0.15, 0.2) is 11.5 Å². The van der Waals surface area contributed by atoms with Gasteiger partial charge in [-0.2, -0.15) is 0 Å². The number of aryl methyl sites for hydroxylation is 1. The van der Waals surface area contributed by atoms with E-state index in [1.54, 1.807) is 49.6 Å². The highest BCUT2D eigenvalue weighted by Gasteiger charge is 2.12. The zero-order valence-electron chi connectivity index (χ0n) is 18.3. The van der Waals surface area contributed by atoms with Gasteiger partial charge in [-0.05, 0) is 54.0 Å². The van der Waals surface area contributed by atoms with Crippen molar-refractivity contribution >= 4 is 23.6 Å². The summed E-state index contributed by atoms with van der Waals surface area (Å²) in [5, 5.41) is 2.70. The van der Waals surface area contributed by atoms with E-state index in [1.165, 1.54) is 13.2 Å². The smallest absolute Gasteiger partial charge is 0.339 e. The number of rotatable bonds is 8. The van der Waals surface area contributed by atoms with Gasteiger partial charge in [0, 0.05) is 6.08 Å². The summed E-state index contributed by atoms with van der Waals surface area (Å²) in [7, 11) is 2.86. The molecule has 0 spiro atoms. The van der Waals surface area contributed by atoms with E-state index >= 15 is 0 Å². The molecule has 0 fully saturated rings. The second kappa shape index (κ2) is 10.8. The van der Waals surface area contributed by atoms with E-state index < -0.39 is 5.97 Å². The first-order valence-corrected chi connectivity index (χ1v) is 10.0. The lowest BCUT2D eigenvalue weighted by Crippen LogP contribution is -2.12. The van der Waals surface area contributed by atoms with Crippen molar-refractivity contribution in [1.29, 1.82) is 0 Å². The minimum Gasteiger partial charge on any atom is -0.493 e. The average Bonchev–Trinajstić information content (AvgIpc) is 2.82. The van der Waals surface area contributed by atoms with Crippen molar-refractivity contribution in [2.75, 3.05) is 19.5 Å². The van der Waals surface area contributed by atoms with E-state index in [2.05, 4.69) is 5.32 Å². The fourth-order valence-corrected chi connectivity index (χ4v) is 3.06. The number of carbonyl (C=O) groups is 2. The van der Waals surface area contributed by atoms with Crippen LogP contribution in [0.3, 0.4) is 0 Å². The van der Waals surface area contributed by atoms with Gasteiger partial charge in [0.25, 0.3) is 0 Å². The van der Waals surface area contributed by atoms with Crippen molar-refractivity contribution in [3.05, 3.63) is 95.1 Å². The minimum absolute atomic E-state index is 0.286. The maximum Gasteiger partial charge on any atom is 0.339 e. The number of anilines is 1. The Labute approximate surface area is 187 Å². The SMILES string of the molecule is COC(=O)c1ccccc1NC(=O)/C=C/c1ccc(OCc2ccccc2C)c(OC)c1. The molecule has 0 aliphatic carbocycles. The second-order valence-electron chi connectivity index (χ2n) is 6.99. The van der Waals surface area contributed by atoms with Crippen LogP contribution in [-0.4, -0.2) is 26.1 Å². The van der Waals surface area contributed by atoms with E-state index in [1.807, 2.05) is 37.3 Å². The van der Waals surface area contributed by atoms with Crippen molar-refractivity contribution in [2.24, 2.45) is 0 Å². The van der Waals surface area contributed by atoms with Crippen LogP contribution >= 0.6 is 0 Å². The monoisotopic (exact) mass is 431 g/mol. The fraction of sp³-hybridized carbons (Fsp3) is 0.154. The first-order valence-electron chi connectivity index (χ1n) is 10.0. The number of para-hydroxylation sites is 1. The van der Waals surface area contributed by atoms with Crippen molar-refractivity contribution in [3.8, 4) is 11.5 Å². The van der Waals surface area contributed by atoms with E-state index in [9.17, 15) is 9.59 Å². The molecule has 0 saturated heterocycles. The Morgan fingerprint density at radius 3 is 2.44 bits per heavy atom. The van der Waals surface area contributed by atoms with Gasteiger partial charge in [0.05, 0.1) is 25.5 Å². The maximum atomic E-state index is 12.4. The Bertz CT molecular complexity index is 1140. The number of benzene rings is 3. The number of carbonyl (C=O) groups excluding carboxylic acids is 2. The van der Waals surface area contributed by atoms with Gasteiger partial charge in [0.1, 0.15) is 6.61 Å². The van der Waals surface area contributed by atoms with E-state index in [4.69, 9.17) is 14.2 Å². The Balaban J connectivity index is 1.68. The molecule has 3 aromatic carbocycles. The van der Waals surface area contributed by atoms with Crippen LogP contribution in [0.15, 0.2) is 72.8 Å². The van der Waals surface area contributed by atoms with Crippen LogP contribution in [0.4, 0.5) is 5.69 Å². The zero-order chi connectivity index (χ0) is 22.9. The molecule has 0 radical (unpaired) electrons. The molecule has 0 aliphatic heterocycles. The Morgan fingerprint density at radius 1 is 0.938 bits per heavy atom. The van der Waals surface area contributed by atoms with Crippen molar-refractivity contribution in [2.45, 2.75) is 13.5 Å². The maximum absolute atomic E-state index is 12.4. The molecule has 0 atom stereocenters. The number of hydrogen-bond acceptors (Lipinski definition) is 5. The lowest BCUT2D eigenvalue weighted by Gasteiger charge is -2.12. The van der Waals surface area contributed by atoms with Crippen LogP contribution < -0.4 is 14.8 Å². The quantitative estimate of drug-likeness (QED) is 0.400. The molecule has 3 rings (SSSR count). The fourth-order valence-electron chi connectivity index (χ4n) is 3.06. The number of methoxy groups -OCH3 is 2. The van der Waals surface area contributed by atoms with Gasteiger partial charge in [0.2, 0.25) is 5.91 Å².